The van der Waals surface area contributed by atoms with E-state index in [0.29, 0.717) is 0 Å². The van der Waals surface area contributed by atoms with Crippen molar-refractivity contribution in [2.75, 3.05) is 12.0 Å². The van der Waals surface area contributed by atoms with Crippen molar-refractivity contribution in [3.8, 4) is 5.75 Å². The lowest BCUT2D eigenvalue weighted by atomic mass is 9.91. The van der Waals surface area contributed by atoms with Crippen LogP contribution in [0.3, 0.4) is 0 Å². The number of hydrogen-bond donors (Lipinski definition) is 0. The van der Waals surface area contributed by atoms with Crippen LogP contribution in [-0.4, -0.2) is 7.11 Å². The first-order valence-electron chi connectivity index (χ1n) is 14.1. The summed E-state index contributed by atoms with van der Waals surface area (Å²) in [4.78, 5) is 2.43. The first kappa shape index (κ1) is 22.5. The molecule has 9 aromatic carbocycles. The minimum Gasteiger partial charge on any atom is -0.497 e. The zero-order chi connectivity index (χ0) is 27.1. The summed E-state index contributed by atoms with van der Waals surface area (Å²) in [5, 5.41) is 15.4. The maximum absolute atomic E-state index is 5.54. The number of rotatable bonds is 4. The summed E-state index contributed by atoms with van der Waals surface area (Å²) >= 11 is 0. The van der Waals surface area contributed by atoms with Gasteiger partial charge in [-0.1, -0.05) is 97.1 Å². The van der Waals surface area contributed by atoms with E-state index in [1.807, 2.05) is 12.1 Å². The van der Waals surface area contributed by atoms with Gasteiger partial charge < -0.3 is 9.64 Å². The Morgan fingerprint density at radius 1 is 0.390 bits per heavy atom. The van der Waals surface area contributed by atoms with Crippen LogP contribution in [0.25, 0.3) is 64.6 Å². The van der Waals surface area contributed by atoms with Crippen LogP contribution in [0.5, 0.6) is 5.75 Å². The number of ether oxygens (including phenoxy) is 1. The van der Waals surface area contributed by atoms with E-state index in [9.17, 15) is 0 Å². The molecule has 0 heterocycles. The predicted octanol–water partition coefficient (Wildman–Crippen LogP) is 11.0. The van der Waals surface area contributed by atoms with Crippen LogP contribution >= 0.6 is 0 Å². The van der Waals surface area contributed by atoms with E-state index in [2.05, 4.69) is 126 Å². The smallest absolute Gasteiger partial charge is 0.119 e. The monoisotopic (exact) mass is 523 g/mol. The highest BCUT2D eigenvalue weighted by Crippen LogP contribution is 2.47. The summed E-state index contributed by atoms with van der Waals surface area (Å²) in [7, 11) is 1.72. The zero-order valence-corrected chi connectivity index (χ0v) is 22.6. The molecular weight excluding hydrogens is 498 g/mol. The average Bonchev–Trinajstić information content (AvgIpc) is 3.04. The van der Waals surface area contributed by atoms with Crippen molar-refractivity contribution < 1.29 is 4.74 Å². The Balaban J connectivity index is 1.41. The average molecular weight is 524 g/mol. The molecule has 0 bridgehead atoms. The Morgan fingerprint density at radius 3 is 1.22 bits per heavy atom. The Morgan fingerprint density at radius 2 is 0.780 bits per heavy atom. The van der Waals surface area contributed by atoms with E-state index < -0.39 is 0 Å². The van der Waals surface area contributed by atoms with Gasteiger partial charge in [0.15, 0.2) is 0 Å². The summed E-state index contributed by atoms with van der Waals surface area (Å²) in [6.07, 6.45) is 0. The fraction of sp³-hybridized carbons (Fsp3) is 0.0256. The minimum absolute atomic E-state index is 0.847. The molecule has 0 amide bonds. The SMILES string of the molecule is COc1ccc(N(c2ccc3ccc4cccc5ccc2c3c45)c2ccc3ccc4cccc5ccc2c3c45)cc1. The van der Waals surface area contributed by atoms with E-state index >= 15 is 0 Å². The largest absolute Gasteiger partial charge is 0.497 e. The molecular formula is C39H25NO. The van der Waals surface area contributed by atoms with Gasteiger partial charge in [0, 0.05) is 16.5 Å². The van der Waals surface area contributed by atoms with Gasteiger partial charge in [-0.3, -0.25) is 0 Å². The molecule has 0 N–H and O–H groups in total. The van der Waals surface area contributed by atoms with E-state index in [-0.39, 0.29) is 0 Å². The molecule has 9 rings (SSSR count). The van der Waals surface area contributed by atoms with E-state index in [0.717, 1.165) is 22.8 Å². The van der Waals surface area contributed by atoms with Crippen LogP contribution in [0, 0.1) is 0 Å². The van der Waals surface area contributed by atoms with Crippen molar-refractivity contribution in [1.29, 1.82) is 0 Å². The number of methoxy groups -OCH3 is 1. The van der Waals surface area contributed by atoms with Crippen LogP contribution in [0.4, 0.5) is 17.1 Å². The van der Waals surface area contributed by atoms with Crippen molar-refractivity contribution in [2.24, 2.45) is 0 Å². The lowest BCUT2D eigenvalue weighted by molar-refractivity contribution is 0.415. The first-order chi connectivity index (χ1) is 20.3. The summed E-state index contributed by atoms with van der Waals surface area (Å²) < 4.78 is 5.54. The van der Waals surface area contributed by atoms with Gasteiger partial charge in [-0.25, -0.2) is 0 Å². The number of hydrogen-bond acceptors (Lipinski definition) is 2. The normalized spacial score (nSPS) is 12.0. The highest BCUT2D eigenvalue weighted by molar-refractivity contribution is 6.28. The Labute approximate surface area is 237 Å². The molecule has 0 aromatic heterocycles. The molecule has 0 saturated heterocycles. The molecule has 2 nitrogen and oxygen atoms in total. The van der Waals surface area contributed by atoms with Crippen molar-refractivity contribution >= 4 is 81.7 Å². The molecule has 0 unspecified atom stereocenters. The number of anilines is 3. The molecule has 0 spiro atoms. The molecule has 0 radical (unpaired) electrons. The van der Waals surface area contributed by atoms with E-state index in [4.69, 9.17) is 4.74 Å². The summed E-state index contributed by atoms with van der Waals surface area (Å²) in [6.45, 7) is 0. The number of benzene rings is 9. The van der Waals surface area contributed by atoms with Crippen molar-refractivity contribution in [3.05, 3.63) is 133 Å². The molecule has 2 heteroatoms. The second-order valence-corrected chi connectivity index (χ2v) is 10.9. The van der Waals surface area contributed by atoms with Gasteiger partial charge in [-0.2, -0.15) is 0 Å². The van der Waals surface area contributed by atoms with Gasteiger partial charge in [0.1, 0.15) is 5.75 Å². The third-order valence-electron chi connectivity index (χ3n) is 8.82. The van der Waals surface area contributed by atoms with Crippen LogP contribution < -0.4 is 9.64 Å². The molecule has 0 fully saturated rings. The van der Waals surface area contributed by atoms with Crippen LogP contribution in [0.15, 0.2) is 133 Å². The lowest BCUT2D eigenvalue weighted by Gasteiger charge is -2.29. The second kappa shape index (κ2) is 8.33. The van der Waals surface area contributed by atoms with Gasteiger partial charge in [-0.05, 0) is 90.3 Å². The molecule has 0 aliphatic heterocycles. The molecule has 0 aliphatic carbocycles. The Bertz CT molecular complexity index is 2220. The third-order valence-corrected chi connectivity index (χ3v) is 8.82. The van der Waals surface area contributed by atoms with Crippen molar-refractivity contribution in [1.82, 2.24) is 0 Å². The summed E-state index contributed by atoms with van der Waals surface area (Å²) in [6, 6.07) is 48.8. The van der Waals surface area contributed by atoms with Gasteiger partial charge in [0.2, 0.25) is 0 Å². The topological polar surface area (TPSA) is 12.5 Å². The van der Waals surface area contributed by atoms with Gasteiger partial charge >= 0.3 is 0 Å². The first-order valence-corrected chi connectivity index (χ1v) is 14.1. The minimum atomic E-state index is 0.847. The second-order valence-electron chi connectivity index (χ2n) is 10.9. The fourth-order valence-corrected chi connectivity index (χ4v) is 6.97. The van der Waals surface area contributed by atoms with Crippen molar-refractivity contribution in [3.63, 3.8) is 0 Å². The molecule has 0 saturated carbocycles. The highest BCUT2D eigenvalue weighted by atomic mass is 16.5. The van der Waals surface area contributed by atoms with Gasteiger partial charge in [-0.15, -0.1) is 0 Å². The third kappa shape index (κ3) is 3.13. The maximum atomic E-state index is 5.54. The maximum Gasteiger partial charge on any atom is 0.119 e. The summed E-state index contributed by atoms with van der Waals surface area (Å²) in [5.41, 5.74) is 3.42. The molecule has 0 aliphatic rings. The predicted molar refractivity (Wildman–Crippen MR) is 175 cm³/mol. The van der Waals surface area contributed by atoms with E-state index in [1.54, 1.807) is 7.11 Å². The highest BCUT2D eigenvalue weighted by Gasteiger charge is 2.21. The zero-order valence-electron chi connectivity index (χ0n) is 22.6. The van der Waals surface area contributed by atoms with Crippen molar-refractivity contribution in [2.45, 2.75) is 0 Å². The van der Waals surface area contributed by atoms with Crippen LogP contribution in [-0.2, 0) is 0 Å². The van der Waals surface area contributed by atoms with E-state index in [1.165, 1.54) is 64.6 Å². The molecule has 192 valence electrons. The lowest BCUT2D eigenvalue weighted by Crippen LogP contribution is -2.11. The fourth-order valence-electron chi connectivity index (χ4n) is 6.97. The van der Waals surface area contributed by atoms with Crippen LogP contribution in [0.2, 0.25) is 0 Å². The Hall–Kier alpha value is -5.34. The van der Waals surface area contributed by atoms with Gasteiger partial charge in [0.05, 0.1) is 18.5 Å². The number of nitrogens with zero attached hydrogens (tertiary/aromatic N) is 1. The molecule has 0 atom stereocenters. The molecule has 41 heavy (non-hydrogen) atoms. The van der Waals surface area contributed by atoms with Crippen LogP contribution in [0.1, 0.15) is 0 Å². The Kier molecular flexibility index (Phi) is 4.57. The molecule has 9 aromatic rings. The van der Waals surface area contributed by atoms with Gasteiger partial charge in [0.25, 0.3) is 0 Å². The standard InChI is InChI=1S/C39H25NO/c1-41-31-18-16-30(17-19-31)40(34-22-14-28-10-8-24-4-2-6-26-12-20-32(34)38(28)36(24)26)35-23-15-29-11-9-25-5-3-7-27-13-21-33(35)39(29)37(25)27/h2-23H,1H3. The quantitative estimate of drug-likeness (QED) is 0.213. The summed E-state index contributed by atoms with van der Waals surface area (Å²) in [5.74, 6) is 0.847.